The van der Waals surface area contributed by atoms with Gasteiger partial charge in [-0.3, -0.25) is 9.59 Å². The van der Waals surface area contributed by atoms with Crippen LogP contribution in [0.2, 0.25) is 0 Å². The van der Waals surface area contributed by atoms with Crippen LogP contribution in [0.25, 0.3) is 0 Å². The zero-order valence-corrected chi connectivity index (χ0v) is 24.6. The summed E-state index contributed by atoms with van der Waals surface area (Å²) in [7, 11) is 0. The molecular formula is C33H43F2N3O3. The highest BCUT2D eigenvalue weighted by molar-refractivity contribution is 5.96. The number of hydrogen-bond donors (Lipinski definition) is 3. The average molecular weight is 568 g/mol. The molecule has 0 heterocycles. The molecule has 1 unspecified atom stereocenters. The summed E-state index contributed by atoms with van der Waals surface area (Å²) in [5.41, 5.74) is 7.79. The van der Waals surface area contributed by atoms with Crippen molar-refractivity contribution in [2.75, 3.05) is 19.6 Å². The summed E-state index contributed by atoms with van der Waals surface area (Å²) in [5, 5.41) is 15.1. The highest BCUT2D eigenvalue weighted by Crippen LogP contribution is 2.45. The molecule has 0 aliphatic heterocycles. The fourth-order valence-corrected chi connectivity index (χ4v) is 5.95. The molecule has 0 saturated carbocycles. The maximum Gasteiger partial charge on any atom is 0.244 e. The average Bonchev–Trinajstić information content (AvgIpc) is 2.90. The Labute approximate surface area is 242 Å². The molecule has 4 N–H and O–H groups in total. The van der Waals surface area contributed by atoms with Crippen molar-refractivity contribution in [3.63, 3.8) is 0 Å². The van der Waals surface area contributed by atoms with Crippen LogP contribution in [0, 0.1) is 29.9 Å². The minimum atomic E-state index is -1.36. The molecular weight excluding hydrogens is 524 g/mol. The minimum Gasteiger partial charge on any atom is -0.391 e. The lowest BCUT2D eigenvalue weighted by atomic mass is 9.63. The Bertz CT molecular complexity index is 1270. The number of carbonyl (C=O) groups excluding carboxylic acids is 2. The second-order valence-corrected chi connectivity index (χ2v) is 11.2. The van der Waals surface area contributed by atoms with E-state index in [4.69, 9.17) is 5.73 Å². The van der Waals surface area contributed by atoms with Crippen molar-refractivity contribution in [1.29, 1.82) is 0 Å². The molecule has 8 heteroatoms. The molecule has 222 valence electrons. The summed E-state index contributed by atoms with van der Waals surface area (Å²) in [6.07, 6.45) is 3.82. The van der Waals surface area contributed by atoms with Crippen LogP contribution in [-0.2, 0) is 22.6 Å². The van der Waals surface area contributed by atoms with Gasteiger partial charge in [0.15, 0.2) is 0 Å². The number of aliphatic hydroxyl groups excluding tert-OH is 1. The van der Waals surface area contributed by atoms with Gasteiger partial charge in [0.05, 0.1) is 11.5 Å². The largest absolute Gasteiger partial charge is 0.391 e. The van der Waals surface area contributed by atoms with Crippen molar-refractivity contribution in [1.82, 2.24) is 10.2 Å². The van der Waals surface area contributed by atoms with Gasteiger partial charge in [0.25, 0.3) is 0 Å². The number of rotatable bonds is 14. The van der Waals surface area contributed by atoms with E-state index in [0.717, 1.165) is 30.0 Å². The number of halogens is 2. The quantitative estimate of drug-likeness (QED) is 0.300. The number of nitrogens with one attached hydrogen (secondary N) is 1. The van der Waals surface area contributed by atoms with Gasteiger partial charge in [-0.25, -0.2) is 8.78 Å². The monoisotopic (exact) mass is 567 g/mol. The Kier molecular flexibility index (Phi) is 11.4. The van der Waals surface area contributed by atoms with Crippen molar-refractivity contribution in [2.24, 2.45) is 17.1 Å². The van der Waals surface area contributed by atoms with Crippen LogP contribution in [0.1, 0.15) is 56.7 Å². The maximum atomic E-state index is 14.5. The third-order valence-corrected chi connectivity index (χ3v) is 7.63. The number of amides is 2. The molecule has 0 fully saturated rings. The van der Waals surface area contributed by atoms with Gasteiger partial charge in [-0.1, -0.05) is 61.4 Å². The van der Waals surface area contributed by atoms with E-state index >= 15 is 0 Å². The molecule has 1 aliphatic rings. The first-order valence-corrected chi connectivity index (χ1v) is 14.4. The van der Waals surface area contributed by atoms with Gasteiger partial charge < -0.3 is 21.1 Å². The van der Waals surface area contributed by atoms with Gasteiger partial charge in [0, 0.05) is 43.7 Å². The molecule has 41 heavy (non-hydrogen) atoms. The lowest BCUT2D eigenvalue weighted by molar-refractivity contribution is -0.145. The molecule has 3 rings (SSSR count). The van der Waals surface area contributed by atoms with Gasteiger partial charge in [-0.15, -0.1) is 0 Å². The van der Waals surface area contributed by atoms with Crippen molar-refractivity contribution in [3.05, 3.63) is 94.1 Å². The van der Waals surface area contributed by atoms with Gasteiger partial charge in [-0.05, 0) is 62.8 Å². The predicted octanol–water partition coefficient (Wildman–Crippen LogP) is 4.98. The number of allylic oxidation sites excluding steroid dienone is 2. The predicted molar refractivity (Wildman–Crippen MR) is 158 cm³/mol. The Morgan fingerprint density at radius 1 is 1.05 bits per heavy atom. The lowest BCUT2D eigenvalue weighted by Gasteiger charge is -2.45. The summed E-state index contributed by atoms with van der Waals surface area (Å²) in [4.78, 5) is 28.8. The van der Waals surface area contributed by atoms with Crippen molar-refractivity contribution in [3.8, 4) is 0 Å². The van der Waals surface area contributed by atoms with Crippen molar-refractivity contribution < 1.29 is 23.5 Å². The van der Waals surface area contributed by atoms with Gasteiger partial charge in [-0.2, -0.15) is 0 Å². The number of carbonyl (C=O) groups is 2. The molecule has 2 aromatic carbocycles. The number of primary amides is 1. The van der Waals surface area contributed by atoms with Crippen molar-refractivity contribution in [2.45, 2.75) is 66.0 Å². The Hall–Kier alpha value is -3.36. The van der Waals surface area contributed by atoms with E-state index in [-0.39, 0.29) is 30.9 Å². The van der Waals surface area contributed by atoms with Gasteiger partial charge in [0.1, 0.15) is 11.6 Å². The van der Waals surface area contributed by atoms with Crippen LogP contribution in [0.3, 0.4) is 0 Å². The first kappa shape index (κ1) is 32.2. The highest BCUT2D eigenvalue weighted by atomic mass is 19.1. The second kappa shape index (κ2) is 14.5. The fourth-order valence-electron chi connectivity index (χ4n) is 5.95. The van der Waals surface area contributed by atoms with E-state index in [0.29, 0.717) is 30.8 Å². The topological polar surface area (TPSA) is 95.7 Å². The number of aryl methyl sites for hydroxylation is 1. The van der Waals surface area contributed by atoms with Crippen LogP contribution >= 0.6 is 0 Å². The number of nitrogens with two attached hydrogens (primary N) is 1. The summed E-state index contributed by atoms with van der Waals surface area (Å²) >= 11 is 0. The standard InChI is InChI=1S/C33H43F2N3O3/c1-5-10-38(11-6-2)32(41)33(18-23(4)13-26(19-33)31(36)40)29(16-25-14-27(34)17-28(35)15-25)30(39)21-37-20-24-9-7-8-22(3)12-24/h7-9,12-15,17-18,29-30,37,39H,5-6,10-11,16,19-21H2,1-4H3,(H2,36,40)/t29-,30+,33?/m1/s1. The van der Waals surface area contributed by atoms with E-state index in [1.54, 1.807) is 17.9 Å². The second-order valence-electron chi connectivity index (χ2n) is 11.2. The molecule has 0 spiro atoms. The summed E-state index contributed by atoms with van der Waals surface area (Å²) in [6, 6.07) is 11.2. The van der Waals surface area contributed by atoms with Crippen LogP contribution in [-0.4, -0.2) is 47.6 Å². The number of benzene rings is 2. The van der Waals surface area contributed by atoms with Gasteiger partial charge >= 0.3 is 0 Å². The van der Waals surface area contributed by atoms with E-state index < -0.39 is 35.0 Å². The van der Waals surface area contributed by atoms with Crippen LogP contribution in [0.4, 0.5) is 8.78 Å². The Balaban J connectivity index is 2.09. The van der Waals surface area contributed by atoms with E-state index in [1.165, 1.54) is 12.1 Å². The first-order chi connectivity index (χ1) is 19.5. The fraction of sp³-hybridized carbons (Fsp3) is 0.455. The molecule has 1 aliphatic carbocycles. The number of nitrogens with zero attached hydrogens (tertiary/aromatic N) is 1. The first-order valence-electron chi connectivity index (χ1n) is 14.4. The maximum absolute atomic E-state index is 14.5. The molecule has 2 aromatic rings. The van der Waals surface area contributed by atoms with Crippen LogP contribution < -0.4 is 11.1 Å². The van der Waals surface area contributed by atoms with Gasteiger partial charge in [0.2, 0.25) is 11.8 Å². The molecule has 3 atom stereocenters. The smallest absolute Gasteiger partial charge is 0.244 e. The molecule has 6 nitrogen and oxygen atoms in total. The normalized spacial score (nSPS) is 18.3. The lowest BCUT2D eigenvalue weighted by Crippen LogP contribution is -2.54. The van der Waals surface area contributed by atoms with E-state index in [1.807, 2.05) is 51.1 Å². The molecule has 0 bridgehead atoms. The summed E-state index contributed by atoms with van der Waals surface area (Å²) < 4.78 is 28.6. The van der Waals surface area contributed by atoms with Crippen LogP contribution in [0.15, 0.2) is 65.8 Å². The van der Waals surface area contributed by atoms with E-state index in [2.05, 4.69) is 5.32 Å². The summed E-state index contributed by atoms with van der Waals surface area (Å²) in [6.45, 7) is 9.36. The van der Waals surface area contributed by atoms with Crippen molar-refractivity contribution >= 4 is 11.8 Å². The zero-order valence-electron chi connectivity index (χ0n) is 24.6. The molecule has 0 radical (unpaired) electrons. The highest BCUT2D eigenvalue weighted by Gasteiger charge is 2.50. The number of hydrogen-bond acceptors (Lipinski definition) is 4. The third kappa shape index (κ3) is 8.33. The summed E-state index contributed by atoms with van der Waals surface area (Å²) in [5.74, 6) is -3.17. The molecule has 0 saturated heterocycles. The number of aliphatic hydroxyl groups is 1. The Morgan fingerprint density at radius 2 is 1.71 bits per heavy atom. The molecule has 2 amide bonds. The van der Waals surface area contributed by atoms with Crippen LogP contribution in [0.5, 0.6) is 0 Å². The SMILES string of the molecule is CCCN(CCC)C(=O)C1([C@H](Cc2cc(F)cc(F)c2)[C@@H](O)CNCc2cccc(C)c2)C=C(C)C=C(C(N)=O)C1. The minimum absolute atomic E-state index is 0.00955. The van der Waals surface area contributed by atoms with E-state index in [9.17, 15) is 23.5 Å². The Morgan fingerprint density at radius 3 is 2.29 bits per heavy atom. The molecule has 0 aromatic heterocycles. The zero-order chi connectivity index (χ0) is 30.2. The third-order valence-electron chi connectivity index (χ3n) is 7.63.